The summed E-state index contributed by atoms with van der Waals surface area (Å²) in [5.74, 6) is 0. The molecule has 0 bridgehead atoms. The Morgan fingerprint density at radius 3 is 0.736 bits per heavy atom. The topological polar surface area (TPSA) is 343 Å². The van der Waals surface area contributed by atoms with E-state index in [1.165, 1.54) is 48.5 Å². The second-order valence-electron chi connectivity index (χ2n) is 9.35. The number of rotatable bonds is 8. The third kappa shape index (κ3) is 13.0. The Hall–Kier alpha value is -1.09. The van der Waals surface area contributed by atoms with Crippen LogP contribution >= 0.6 is 25.3 Å². The van der Waals surface area contributed by atoms with E-state index in [9.17, 15) is 77.8 Å². The standard InChI is InChI=1S/2C12H10O9S4.3Zn/c2*13-23(14,15)7-5-10(24(16,17)18)12(11(6-7)25(19,20)21)8-3-1-2-4-9(8)22;;;/h2*1-6,22H,(H,13,14,15)(H,16,17,18)(H,19,20,21);;;/q;;3*+2/p-6. The maximum absolute atomic E-state index is 11.5. The van der Waals surface area contributed by atoms with Gasteiger partial charge in [0.15, 0.2) is 0 Å². The molecule has 0 aromatic heterocycles. The van der Waals surface area contributed by atoms with Crippen molar-refractivity contribution in [2.24, 2.45) is 0 Å². The van der Waals surface area contributed by atoms with Gasteiger partial charge in [0.2, 0.25) is 0 Å². The monoisotopic (exact) mass is 1040 g/mol. The van der Waals surface area contributed by atoms with Crippen LogP contribution in [0.4, 0.5) is 0 Å². The Kier molecular flexibility index (Phi) is 18.1. The Balaban J connectivity index is 0.000000966. The van der Waals surface area contributed by atoms with Gasteiger partial charge in [0.1, 0.15) is 60.7 Å². The van der Waals surface area contributed by atoms with Gasteiger partial charge in [0.25, 0.3) is 0 Å². The first-order valence-corrected chi connectivity index (χ1v) is 21.5. The van der Waals surface area contributed by atoms with E-state index in [1.54, 1.807) is 0 Å². The SMILES string of the molecule is O=S(=O)([O-])c1cc(S(=O)(=O)[O-])c(-c2ccccc2S)c(S(=O)(=O)[O-])c1.O=S(=O)([O-])c1cc(S(=O)(=O)[O-])c(-c2ccccc2S)c(S(=O)(=O)[O-])c1.[Zn+2].[Zn+2].[Zn+2]. The van der Waals surface area contributed by atoms with Gasteiger partial charge in [0, 0.05) is 20.9 Å². The molecule has 0 fully saturated rings. The molecule has 0 saturated carbocycles. The van der Waals surface area contributed by atoms with E-state index in [2.05, 4.69) is 25.3 Å². The first-order chi connectivity index (χ1) is 22.5. The summed E-state index contributed by atoms with van der Waals surface area (Å²) in [5, 5.41) is 0. The third-order valence-electron chi connectivity index (χ3n) is 6.08. The number of thiol groups is 2. The van der Waals surface area contributed by atoms with E-state index in [0.717, 1.165) is 0 Å². The van der Waals surface area contributed by atoms with Gasteiger partial charge < -0.3 is 27.3 Å². The van der Waals surface area contributed by atoms with Crippen molar-refractivity contribution in [3.05, 3.63) is 72.8 Å². The van der Waals surface area contributed by atoms with Crippen LogP contribution in [-0.2, 0) is 119 Å². The third-order valence-corrected chi connectivity index (χ3v) is 11.9. The molecule has 18 nitrogen and oxygen atoms in total. The van der Waals surface area contributed by atoms with Gasteiger partial charge in [-0.25, -0.2) is 50.5 Å². The number of hydrogen-bond donors (Lipinski definition) is 2. The largest absolute Gasteiger partial charge is 2.00 e. The normalized spacial score (nSPS) is 12.2. The Bertz CT molecular complexity index is 2430. The molecule has 0 N–H and O–H groups in total. The Labute approximate surface area is 352 Å². The van der Waals surface area contributed by atoms with Crippen molar-refractivity contribution in [2.45, 2.75) is 39.2 Å². The van der Waals surface area contributed by atoms with E-state index < -0.39 is 101 Å². The molecule has 53 heavy (non-hydrogen) atoms. The maximum atomic E-state index is 11.5. The molecule has 29 heteroatoms. The quantitative estimate of drug-likeness (QED) is 0.139. The van der Waals surface area contributed by atoms with Crippen molar-refractivity contribution in [1.29, 1.82) is 0 Å². The minimum atomic E-state index is -5.45. The van der Waals surface area contributed by atoms with E-state index >= 15 is 0 Å². The molecular weight excluding hydrogens is 1030 g/mol. The van der Waals surface area contributed by atoms with Crippen LogP contribution in [0.5, 0.6) is 0 Å². The molecule has 0 aliphatic carbocycles. The maximum Gasteiger partial charge on any atom is 2.00 e. The van der Waals surface area contributed by atoms with Crippen LogP contribution in [0.1, 0.15) is 0 Å². The molecule has 0 heterocycles. The van der Waals surface area contributed by atoms with Crippen molar-refractivity contribution >= 4 is 86.0 Å². The molecule has 0 amide bonds. The van der Waals surface area contributed by atoms with Crippen LogP contribution in [0.15, 0.2) is 112 Å². The molecule has 0 unspecified atom stereocenters. The summed E-state index contributed by atoms with van der Waals surface area (Å²) in [6, 6.07) is 11.5. The van der Waals surface area contributed by atoms with Crippen LogP contribution in [-0.4, -0.2) is 77.8 Å². The molecule has 0 spiro atoms. The number of benzene rings is 4. The summed E-state index contributed by atoms with van der Waals surface area (Å²) < 4.78 is 205. The van der Waals surface area contributed by atoms with Crippen LogP contribution in [0.3, 0.4) is 0 Å². The van der Waals surface area contributed by atoms with E-state index in [0.29, 0.717) is 0 Å². The Morgan fingerprint density at radius 2 is 0.566 bits per heavy atom. The second-order valence-corrected chi connectivity index (χ2v) is 18.5. The summed E-state index contributed by atoms with van der Waals surface area (Å²) in [5.41, 5.74) is -2.12. The summed E-state index contributed by atoms with van der Waals surface area (Å²) in [7, 11) is -32.5. The van der Waals surface area contributed by atoms with Crippen LogP contribution in [0, 0.1) is 0 Å². The predicted molar refractivity (Wildman–Crippen MR) is 166 cm³/mol. The fourth-order valence-corrected chi connectivity index (χ4v) is 9.10. The number of hydrogen-bond acceptors (Lipinski definition) is 20. The van der Waals surface area contributed by atoms with Crippen LogP contribution in [0.25, 0.3) is 22.3 Å². The van der Waals surface area contributed by atoms with Gasteiger partial charge >= 0.3 is 58.4 Å². The minimum absolute atomic E-state index is 0. The summed E-state index contributed by atoms with van der Waals surface area (Å²) in [6.45, 7) is 0. The van der Waals surface area contributed by atoms with Gasteiger partial charge in [-0.1, -0.05) is 36.4 Å². The zero-order valence-corrected chi connectivity index (χ0v) is 41.3. The molecule has 0 saturated heterocycles. The second kappa shape index (κ2) is 18.4. The van der Waals surface area contributed by atoms with E-state index in [1.807, 2.05) is 0 Å². The molecule has 272 valence electrons. The summed E-state index contributed by atoms with van der Waals surface area (Å²) in [4.78, 5) is -7.99. The van der Waals surface area contributed by atoms with Gasteiger partial charge in [-0.2, -0.15) is 0 Å². The molecule has 4 aromatic rings. The van der Waals surface area contributed by atoms with Crippen molar-refractivity contribution < 1.29 is 136 Å². The average Bonchev–Trinajstić information content (AvgIpc) is 2.94. The smallest absolute Gasteiger partial charge is 0.744 e. The zero-order chi connectivity index (χ0) is 38.4. The van der Waals surface area contributed by atoms with E-state index in [-0.39, 0.29) is 104 Å². The molecule has 0 radical (unpaired) electrons. The predicted octanol–water partition coefficient (Wildman–Crippen LogP) is 0.702. The van der Waals surface area contributed by atoms with Gasteiger partial charge in [-0.05, 0) is 47.5 Å². The molecule has 4 rings (SSSR count). The molecule has 0 aliphatic rings. The summed E-state index contributed by atoms with van der Waals surface area (Å²) >= 11 is 8.01. The van der Waals surface area contributed by atoms with Gasteiger partial charge in [0.05, 0.1) is 29.4 Å². The fourth-order valence-electron chi connectivity index (χ4n) is 4.11. The minimum Gasteiger partial charge on any atom is -0.744 e. The molecule has 0 aliphatic heterocycles. The van der Waals surface area contributed by atoms with Crippen molar-refractivity contribution in [3.8, 4) is 22.3 Å². The van der Waals surface area contributed by atoms with E-state index in [4.69, 9.17) is 0 Å². The molecule has 0 atom stereocenters. The van der Waals surface area contributed by atoms with Crippen LogP contribution in [0.2, 0.25) is 0 Å². The first kappa shape index (κ1) is 51.9. The Morgan fingerprint density at radius 1 is 0.358 bits per heavy atom. The van der Waals surface area contributed by atoms with Crippen molar-refractivity contribution in [2.75, 3.05) is 0 Å². The summed E-state index contributed by atoms with van der Waals surface area (Å²) in [6.07, 6.45) is 0. The first-order valence-electron chi connectivity index (χ1n) is 12.1. The van der Waals surface area contributed by atoms with Crippen molar-refractivity contribution in [3.63, 3.8) is 0 Å². The van der Waals surface area contributed by atoms with Crippen molar-refractivity contribution in [1.82, 2.24) is 0 Å². The fraction of sp³-hybridized carbons (Fsp3) is 0. The molecule has 4 aromatic carbocycles. The van der Waals surface area contributed by atoms with Gasteiger partial charge in [-0.3, -0.25) is 0 Å². The molecular formula is C24H14O18S8Zn3. The zero-order valence-electron chi connectivity index (χ0n) is 25.7. The van der Waals surface area contributed by atoms with Gasteiger partial charge in [-0.15, -0.1) is 25.3 Å². The van der Waals surface area contributed by atoms with Crippen LogP contribution < -0.4 is 0 Å². The average molecular weight is 1040 g/mol.